The Balaban J connectivity index is 1.39. The molecule has 1 amide bonds. The van der Waals surface area contributed by atoms with Crippen LogP contribution in [0.5, 0.6) is 0 Å². The Morgan fingerprint density at radius 3 is 2.83 bits per heavy atom. The Bertz CT molecular complexity index is 777. The molecule has 0 unspecified atom stereocenters. The molecule has 2 aliphatic rings. The molecule has 1 aliphatic carbocycles. The minimum absolute atomic E-state index is 0.115. The highest BCUT2D eigenvalue weighted by atomic mass is 16.5. The van der Waals surface area contributed by atoms with Crippen molar-refractivity contribution in [1.29, 1.82) is 0 Å². The topological polar surface area (TPSA) is 75.3 Å². The Kier molecular flexibility index (Phi) is 3.75. The average molecular weight is 327 g/mol. The molecule has 2 fully saturated rings. The van der Waals surface area contributed by atoms with Crippen LogP contribution >= 0.6 is 0 Å². The molecule has 2 aromatic heterocycles. The van der Waals surface area contributed by atoms with Crippen molar-refractivity contribution < 1.29 is 14.3 Å². The van der Waals surface area contributed by atoms with Gasteiger partial charge in [0.15, 0.2) is 0 Å². The van der Waals surface area contributed by atoms with Gasteiger partial charge in [-0.2, -0.15) is 0 Å². The first kappa shape index (κ1) is 15.2. The summed E-state index contributed by atoms with van der Waals surface area (Å²) in [5.41, 5.74) is 2.22. The third kappa shape index (κ3) is 2.56. The van der Waals surface area contributed by atoms with Crippen molar-refractivity contribution in [2.45, 2.75) is 25.2 Å². The lowest BCUT2D eigenvalue weighted by atomic mass is 9.89. The minimum atomic E-state index is -0.255. The van der Waals surface area contributed by atoms with Gasteiger partial charge in [0.2, 0.25) is 5.91 Å². The van der Waals surface area contributed by atoms with Crippen molar-refractivity contribution >= 4 is 22.9 Å². The van der Waals surface area contributed by atoms with E-state index in [0.29, 0.717) is 12.3 Å². The first-order valence-electron chi connectivity index (χ1n) is 8.47. The number of hydrogen-bond acceptors (Lipinski definition) is 4. The number of amides is 1. The number of fused-ring (bicyclic) bond motifs is 1. The first-order chi connectivity index (χ1) is 11.7. The third-order valence-corrected chi connectivity index (χ3v) is 5.34. The molecule has 1 saturated carbocycles. The summed E-state index contributed by atoms with van der Waals surface area (Å²) in [7, 11) is 1.38. The van der Waals surface area contributed by atoms with Gasteiger partial charge in [0.1, 0.15) is 5.65 Å². The van der Waals surface area contributed by atoms with Crippen molar-refractivity contribution in [2.75, 3.05) is 20.2 Å². The number of aromatic nitrogens is 2. The van der Waals surface area contributed by atoms with Crippen molar-refractivity contribution in [1.82, 2.24) is 14.9 Å². The van der Waals surface area contributed by atoms with Gasteiger partial charge in [-0.15, -0.1) is 0 Å². The molecule has 0 bridgehead atoms. The lowest BCUT2D eigenvalue weighted by molar-refractivity contribution is -0.145. The molecule has 2 atom stereocenters. The predicted octanol–water partition coefficient (Wildman–Crippen LogP) is 2.08. The maximum atomic E-state index is 12.5. The molecule has 126 valence electrons. The van der Waals surface area contributed by atoms with Crippen LogP contribution < -0.4 is 0 Å². The van der Waals surface area contributed by atoms with E-state index in [-0.39, 0.29) is 23.7 Å². The number of nitrogens with zero attached hydrogens (tertiary/aromatic N) is 2. The SMILES string of the molecule is COC(=O)[C@@H]1C[C@@H]1C(=O)N1CCC(c2c[nH]c3ncccc23)CC1. The van der Waals surface area contributed by atoms with E-state index in [2.05, 4.69) is 16.0 Å². The fourth-order valence-corrected chi connectivity index (χ4v) is 3.84. The molecule has 0 aromatic carbocycles. The van der Waals surface area contributed by atoms with Gasteiger partial charge in [-0.3, -0.25) is 9.59 Å². The summed E-state index contributed by atoms with van der Waals surface area (Å²) in [4.78, 5) is 33.5. The summed E-state index contributed by atoms with van der Waals surface area (Å²) in [6, 6.07) is 4.05. The molecule has 24 heavy (non-hydrogen) atoms. The van der Waals surface area contributed by atoms with Crippen LogP contribution in [0.1, 0.15) is 30.7 Å². The molecule has 1 saturated heterocycles. The molecular weight excluding hydrogens is 306 g/mol. The molecule has 6 nitrogen and oxygen atoms in total. The van der Waals surface area contributed by atoms with E-state index in [1.165, 1.54) is 18.1 Å². The predicted molar refractivity (Wildman–Crippen MR) is 88.3 cm³/mol. The summed E-state index contributed by atoms with van der Waals surface area (Å²) in [6.07, 6.45) is 6.37. The van der Waals surface area contributed by atoms with E-state index < -0.39 is 0 Å². The van der Waals surface area contributed by atoms with Crippen LogP contribution in [0.15, 0.2) is 24.5 Å². The first-order valence-corrected chi connectivity index (χ1v) is 8.47. The Labute approximate surface area is 140 Å². The van der Waals surface area contributed by atoms with E-state index in [9.17, 15) is 9.59 Å². The number of likely N-dealkylation sites (tertiary alicyclic amines) is 1. The molecule has 6 heteroatoms. The third-order valence-electron chi connectivity index (χ3n) is 5.34. The van der Waals surface area contributed by atoms with Gasteiger partial charge in [0.25, 0.3) is 0 Å². The van der Waals surface area contributed by atoms with E-state index in [1.54, 1.807) is 6.20 Å². The second kappa shape index (κ2) is 5.92. The van der Waals surface area contributed by atoms with Crippen LogP contribution in [0, 0.1) is 11.8 Å². The summed E-state index contributed by atoms with van der Waals surface area (Å²) in [5, 5.41) is 1.18. The van der Waals surface area contributed by atoms with Crippen LogP contribution in [0.25, 0.3) is 11.0 Å². The monoisotopic (exact) mass is 327 g/mol. The summed E-state index contributed by atoms with van der Waals surface area (Å²) in [6.45, 7) is 1.50. The Morgan fingerprint density at radius 1 is 1.29 bits per heavy atom. The van der Waals surface area contributed by atoms with Crippen molar-refractivity contribution in [2.24, 2.45) is 11.8 Å². The van der Waals surface area contributed by atoms with E-state index in [0.717, 1.165) is 31.6 Å². The standard InChI is InChI=1S/C18H21N3O3/c1-24-18(23)14-9-13(14)17(22)21-7-4-11(5-8-21)15-10-20-16-12(15)3-2-6-19-16/h2-3,6,10-11,13-14H,4-5,7-9H2,1H3,(H,19,20)/t13-,14+/m0/s1. The summed E-state index contributed by atoms with van der Waals surface area (Å²) < 4.78 is 4.73. The van der Waals surface area contributed by atoms with Crippen LogP contribution in [0.4, 0.5) is 0 Å². The van der Waals surface area contributed by atoms with Crippen LogP contribution in [0.3, 0.4) is 0 Å². The number of esters is 1. The highest BCUT2D eigenvalue weighted by Gasteiger charge is 2.50. The van der Waals surface area contributed by atoms with E-state index in [4.69, 9.17) is 4.74 Å². The normalized spacial score (nSPS) is 24.1. The molecule has 3 heterocycles. The lowest BCUT2D eigenvalue weighted by Crippen LogP contribution is -2.39. The van der Waals surface area contributed by atoms with Gasteiger partial charge in [-0.1, -0.05) is 0 Å². The van der Waals surface area contributed by atoms with Crippen molar-refractivity contribution in [3.8, 4) is 0 Å². The van der Waals surface area contributed by atoms with Crippen LogP contribution in [0.2, 0.25) is 0 Å². The number of carbonyl (C=O) groups is 2. The van der Waals surface area contributed by atoms with Gasteiger partial charge < -0.3 is 14.6 Å². The van der Waals surface area contributed by atoms with Crippen LogP contribution in [-0.2, 0) is 14.3 Å². The zero-order chi connectivity index (χ0) is 16.7. The Morgan fingerprint density at radius 2 is 2.08 bits per heavy atom. The zero-order valence-electron chi connectivity index (χ0n) is 13.7. The highest BCUT2D eigenvalue weighted by molar-refractivity contribution is 5.90. The molecule has 1 N–H and O–H groups in total. The number of rotatable bonds is 3. The highest BCUT2D eigenvalue weighted by Crippen LogP contribution is 2.42. The van der Waals surface area contributed by atoms with Gasteiger partial charge in [-0.05, 0) is 42.9 Å². The number of hydrogen-bond donors (Lipinski definition) is 1. The number of H-pyrrole nitrogens is 1. The van der Waals surface area contributed by atoms with E-state index >= 15 is 0 Å². The number of methoxy groups -OCH3 is 1. The molecule has 1 aliphatic heterocycles. The number of nitrogens with one attached hydrogen (secondary N) is 1. The van der Waals surface area contributed by atoms with E-state index in [1.807, 2.05) is 17.2 Å². The zero-order valence-corrected chi connectivity index (χ0v) is 13.7. The van der Waals surface area contributed by atoms with Crippen molar-refractivity contribution in [3.05, 3.63) is 30.1 Å². The second-order valence-electron chi connectivity index (χ2n) is 6.71. The number of piperidine rings is 1. The second-order valence-corrected chi connectivity index (χ2v) is 6.71. The number of carbonyl (C=O) groups excluding carboxylic acids is 2. The lowest BCUT2D eigenvalue weighted by Gasteiger charge is -2.32. The fourth-order valence-electron chi connectivity index (χ4n) is 3.84. The fraction of sp³-hybridized carbons (Fsp3) is 0.500. The average Bonchev–Trinajstić information content (AvgIpc) is 3.32. The van der Waals surface area contributed by atoms with Gasteiger partial charge in [0, 0.05) is 30.9 Å². The number of aromatic amines is 1. The van der Waals surface area contributed by atoms with Gasteiger partial charge in [0.05, 0.1) is 18.9 Å². The van der Waals surface area contributed by atoms with Crippen LogP contribution in [-0.4, -0.2) is 46.9 Å². The Hall–Kier alpha value is -2.37. The number of ether oxygens (including phenoxy) is 1. The van der Waals surface area contributed by atoms with Gasteiger partial charge >= 0.3 is 5.97 Å². The van der Waals surface area contributed by atoms with Crippen molar-refractivity contribution in [3.63, 3.8) is 0 Å². The largest absolute Gasteiger partial charge is 0.469 e. The molecular formula is C18H21N3O3. The maximum Gasteiger partial charge on any atom is 0.309 e. The molecule has 0 spiro atoms. The maximum absolute atomic E-state index is 12.5. The molecule has 2 aromatic rings. The molecule has 0 radical (unpaired) electrons. The summed E-state index contributed by atoms with van der Waals surface area (Å²) >= 11 is 0. The minimum Gasteiger partial charge on any atom is -0.469 e. The number of pyridine rings is 1. The van der Waals surface area contributed by atoms with Gasteiger partial charge in [-0.25, -0.2) is 4.98 Å². The molecule has 4 rings (SSSR count). The summed E-state index contributed by atoms with van der Waals surface area (Å²) in [5.74, 6) is -0.0761. The smallest absolute Gasteiger partial charge is 0.309 e. The quantitative estimate of drug-likeness (QED) is 0.876.